The van der Waals surface area contributed by atoms with Crippen LogP contribution in [0.5, 0.6) is 11.6 Å². The third-order valence-corrected chi connectivity index (χ3v) is 3.26. The van der Waals surface area contributed by atoms with Crippen molar-refractivity contribution in [3.8, 4) is 11.6 Å². The van der Waals surface area contributed by atoms with Crippen LogP contribution in [0, 0.1) is 0 Å². The molecule has 2 aromatic rings. The van der Waals surface area contributed by atoms with Gasteiger partial charge in [0.2, 0.25) is 5.88 Å². The fourth-order valence-electron chi connectivity index (χ4n) is 1.81. The highest BCUT2D eigenvalue weighted by molar-refractivity contribution is 6.31. The first-order chi connectivity index (χ1) is 9.72. The van der Waals surface area contributed by atoms with Gasteiger partial charge in [-0.2, -0.15) is 0 Å². The molecule has 0 atom stereocenters. The monoisotopic (exact) mass is 290 g/mol. The zero-order chi connectivity index (χ0) is 14.4. The summed E-state index contributed by atoms with van der Waals surface area (Å²) in [6, 6.07) is 9.84. The average Bonchev–Trinajstić information content (AvgIpc) is 2.48. The van der Waals surface area contributed by atoms with Crippen LogP contribution in [0.4, 0.5) is 0 Å². The van der Waals surface area contributed by atoms with E-state index in [9.17, 15) is 0 Å². The summed E-state index contributed by atoms with van der Waals surface area (Å²) in [4.78, 5) is 4.27. The molecule has 1 aromatic carbocycles. The second-order valence-electron chi connectivity index (χ2n) is 4.51. The first kappa shape index (κ1) is 14.8. The first-order valence-electron chi connectivity index (χ1n) is 6.84. The number of hydrogen-bond acceptors (Lipinski definition) is 3. The van der Waals surface area contributed by atoms with E-state index in [1.165, 1.54) is 5.56 Å². The van der Waals surface area contributed by atoms with Crippen LogP contribution in [-0.4, -0.2) is 11.5 Å². The van der Waals surface area contributed by atoms with E-state index in [0.29, 0.717) is 10.9 Å². The van der Waals surface area contributed by atoms with Gasteiger partial charge in [-0.25, -0.2) is 4.98 Å². The predicted molar refractivity (Wildman–Crippen MR) is 82.5 cm³/mol. The summed E-state index contributed by atoms with van der Waals surface area (Å²) in [5.41, 5.74) is 2.32. The van der Waals surface area contributed by atoms with E-state index in [4.69, 9.17) is 16.3 Å². The average molecular weight is 291 g/mol. The molecule has 0 aliphatic rings. The SMILES string of the molecule is CCNCc1cnc(Oc2ccc(CC)cc2)c(Cl)c1. The Morgan fingerprint density at radius 2 is 1.90 bits per heavy atom. The molecular weight excluding hydrogens is 272 g/mol. The standard InChI is InChI=1S/C16H19ClN2O/c1-3-12-5-7-14(8-6-12)20-16-15(17)9-13(11-19-16)10-18-4-2/h5-9,11,18H,3-4,10H2,1-2H3. The van der Waals surface area contributed by atoms with Crippen LogP contribution in [0.1, 0.15) is 25.0 Å². The number of hydrogen-bond donors (Lipinski definition) is 1. The smallest absolute Gasteiger partial charge is 0.238 e. The summed E-state index contributed by atoms with van der Waals surface area (Å²) in [5.74, 6) is 1.19. The van der Waals surface area contributed by atoms with E-state index < -0.39 is 0 Å². The number of pyridine rings is 1. The number of halogens is 1. The second kappa shape index (κ2) is 7.27. The molecule has 0 amide bonds. The van der Waals surface area contributed by atoms with E-state index in [1.54, 1.807) is 6.20 Å². The van der Waals surface area contributed by atoms with Gasteiger partial charge in [0.25, 0.3) is 0 Å². The van der Waals surface area contributed by atoms with Gasteiger partial charge in [0.05, 0.1) is 0 Å². The zero-order valence-electron chi connectivity index (χ0n) is 11.8. The Morgan fingerprint density at radius 3 is 2.50 bits per heavy atom. The maximum Gasteiger partial charge on any atom is 0.238 e. The zero-order valence-corrected chi connectivity index (χ0v) is 12.6. The van der Waals surface area contributed by atoms with Gasteiger partial charge < -0.3 is 10.1 Å². The number of aryl methyl sites for hydroxylation is 1. The van der Waals surface area contributed by atoms with Crippen molar-refractivity contribution in [2.45, 2.75) is 26.8 Å². The fourth-order valence-corrected chi connectivity index (χ4v) is 2.04. The van der Waals surface area contributed by atoms with Gasteiger partial charge in [0, 0.05) is 12.7 Å². The minimum Gasteiger partial charge on any atom is -0.438 e. The van der Waals surface area contributed by atoms with Crippen LogP contribution in [0.3, 0.4) is 0 Å². The molecule has 106 valence electrons. The molecule has 0 fully saturated rings. The Bertz CT molecular complexity index is 555. The van der Waals surface area contributed by atoms with E-state index in [0.717, 1.165) is 30.8 Å². The fraction of sp³-hybridized carbons (Fsp3) is 0.312. The van der Waals surface area contributed by atoms with Crippen molar-refractivity contribution in [1.82, 2.24) is 10.3 Å². The van der Waals surface area contributed by atoms with Crippen molar-refractivity contribution in [1.29, 1.82) is 0 Å². The van der Waals surface area contributed by atoms with E-state index in [2.05, 4.69) is 24.1 Å². The predicted octanol–water partition coefficient (Wildman–Crippen LogP) is 4.20. The number of nitrogens with one attached hydrogen (secondary N) is 1. The van der Waals surface area contributed by atoms with E-state index >= 15 is 0 Å². The quantitative estimate of drug-likeness (QED) is 0.866. The molecule has 0 unspecified atom stereocenters. The molecular formula is C16H19ClN2O. The molecule has 0 saturated carbocycles. The number of benzene rings is 1. The van der Waals surface area contributed by atoms with Gasteiger partial charge in [0.1, 0.15) is 10.8 Å². The highest BCUT2D eigenvalue weighted by Gasteiger charge is 2.06. The minimum absolute atomic E-state index is 0.441. The van der Waals surface area contributed by atoms with Gasteiger partial charge in [0.15, 0.2) is 0 Å². The van der Waals surface area contributed by atoms with Crippen molar-refractivity contribution in [2.75, 3.05) is 6.54 Å². The number of ether oxygens (including phenoxy) is 1. The Labute approximate surface area is 124 Å². The maximum absolute atomic E-state index is 6.20. The van der Waals surface area contributed by atoms with Gasteiger partial charge in [-0.15, -0.1) is 0 Å². The molecule has 1 aromatic heterocycles. The lowest BCUT2D eigenvalue weighted by molar-refractivity contribution is 0.462. The summed E-state index contributed by atoms with van der Waals surface area (Å²) in [5, 5.41) is 3.76. The lowest BCUT2D eigenvalue weighted by Crippen LogP contribution is -2.11. The summed E-state index contributed by atoms with van der Waals surface area (Å²) in [6.45, 7) is 5.86. The maximum atomic E-state index is 6.20. The number of rotatable bonds is 6. The molecule has 3 nitrogen and oxygen atoms in total. The van der Waals surface area contributed by atoms with Gasteiger partial charge in [-0.3, -0.25) is 0 Å². The molecule has 0 aliphatic heterocycles. The topological polar surface area (TPSA) is 34.2 Å². The first-order valence-corrected chi connectivity index (χ1v) is 7.22. The van der Waals surface area contributed by atoms with Crippen molar-refractivity contribution >= 4 is 11.6 Å². The molecule has 0 bridgehead atoms. The normalized spacial score (nSPS) is 10.6. The lowest BCUT2D eigenvalue weighted by Gasteiger charge is -2.09. The Hall–Kier alpha value is -1.58. The highest BCUT2D eigenvalue weighted by atomic mass is 35.5. The Balaban J connectivity index is 2.08. The van der Waals surface area contributed by atoms with Crippen LogP contribution in [0.25, 0.3) is 0 Å². The Kier molecular flexibility index (Phi) is 5.39. The number of aromatic nitrogens is 1. The summed E-state index contributed by atoms with van der Waals surface area (Å²) < 4.78 is 5.70. The van der Waals surface area contributed by atoms with Gasteiger partial charge in [-0.05, 0) is 42.3 Å². The van der Waals surface area contributed by atoms with Crippen LogP contribution in [-0.2, 0) is 13.0 Å². The summed E-state index contributed by atoms with van der Waals surface area (Å²) in [6.07, 6.45) is 2.79. The van der Waals surface area contributed by atoms with Crippen molar-refractivity contribution in [3.63, 3.8) is 0 Å². The third kappa shape index (κ3) is 3.95. The molecule has 1 heterocycles. The van der Waals surface area contributed by atoms with Crippen LogP contribution in [0.2, 0.25) is 5.02 Å². The largest absolute Gasteiger partial charge is 0.438 e. The molecule has 0 spiro atoms. The van der Waals surface area contributed by atoms with Crippen LogP contribution in [0.15, 0.2) is 36.5 Å². The van der Waals surface area contributed by atoms with Crippen molar-refractivity contribution < 1.29 is 4.74 Å². The third-order valence-electron chi connectivity index (χ3n) is 2.99. The molecule has 20 heavy (non-hydrogen) atoms. The molecule has 1 N–H and O–H groups in total. The van der Waals surface area contributed by atoms with E-state index in [1.807, 2.05) is 30.3 Å². The molecule has 0 saturated heterocycles. The van der Waals surface area contributed by atoms with Crippen molar-refractivity contribution in [2.24, 2.45) is 0 Å². The van der Waals surface area contributed by atoms with Crippen LogP contribution < -0.4 is 10.1 Å². The van der Waals surface area contributed by atoms with Gasteiger partial charge in [-0.1, -0.05) is 37.6 Å². The molecule has 0 aliphatic carbocycles. The van der Waals surface area contributed by atoms with Crippen molar-refractivity contribution in [3.05, 3.63) is 52.7 Å². The lowest BCUT2D eigenvalue weighted by atomic mass is 10.2. The van der Waals surface area contributed by atoms with E-state index in [-0.39, 0.29) is 0 Å². The molecule has 4 heteroatoms. The van der Waals surface area contributed by atoms with Gasteiger partial charge >= 0.3 is 0 Å². The molecule has 0 radical (unpaired) electrons. The highest BCUT2D eigenvalue weighted by Crippen LogP contribution is 2.27. The van der Waals surface area contributed by atoms with Crippen LogP contribution >= 0.6 is 11.6 Å². The Morgan fingerprint density at radius 1 is 1.15 bits per heavy atom. The summed E-state index contributed by atoms with van der Waals surface area (Å²) >= 11 is 6.20. The summed E-state index contributed by atoms with van der Waals surface area (Å²) in [7, 11) is 0. The second-order valence-corrected chi connectivity index (χ2v) is 4.92. The minimum atomic E-state index is 0.441. The molecule has 2 rings (SSSR count). The number of nitrogens with zero attached hydrogens (tertiary/aromatic N) is 1.